The Morgan fingerprint density at radius 2 is 2.27 bits per heavy atom. The first-order valence-electron chi connectivity index (χ1n) is 4.49. The molecule has 0 bridgehead atoms. The Bertz CT molecular complexity index is 481. The fourth-order valence-electron chi connectivity index (χ4n) is 1.27. The van der Waals surface area contributed by atoms with E-state index in [-0.39, 0.29) is 6.61 Å². The lowest BCUT2D eigenvalue weighted by molar-refractivity contribution is 0.277. The number of rotatable bonds is 2. The molecule has 0 saturated carbocycles. The molecule has 0 amide bonds. The first-order chi connectivity index (χ1) is 7.20. The van der Waals surface area contributed by atoms with Crippen LogP contribution in [0.4, 0.5) is 0 Å². The van der Waals surface area contributed by atoms with Crippen molar-refractivity contribution >= 4 is 15.9 Å². The van der Waals surface area contributed by atoms with Crippen LogP contribution in [0.3, 0.4) is 0 Å². The molecule has 0 atom stereocenters. The molecule has 2 N–H and O–H groups in total. The predicted molar refractivity (Wildman–Crippen MR) is 60.2 cm³/mol. The SMILES string of the molecule is Cc1ccc(Br)c(-c2ncc(CO)[nH]2)n1. The van der Waals surface area contributed by atoms with Crippen LogP contribution < -0.4 is 0 Å². The van der Waals surface area contributed by atoms with Crippen LogP contribution in [0.5, 0.6) is 0 Å². The zero-order valence-electron chi connectivity index (χ0n) is 8.16. The van der Waals surface area contributed by atoms with Gasteiger partial charge in [-0.3, -0.25) is 0 Å². The molecule has 2 rings (SSSR count). The summed E-state index contributed by atoms with van der Waals surface area (Å²) < 4.78 is 0.881. The lowest BCUT2D eigenvalue weighted by Gasteiger charge is -2.01. The summed E-state index contributed by atoms with van der Waals surface area (Å²) in [6, 6.07) is 3.85. The molecule has 78 valence electrons. The molecular formula is C10H10BrN3O. The topological polar surface area (TPSA) is 61.8 Å². The lowest BCUT2D eigenvalue weighted by atomic mass is 10.3. The number of H-pyrrole nitrogens is 1. The van der Waals surface area contributed by atoms with Crippen molar-refractivity contribution in [2.24, 2.45) is 0 Å². The van der Waals surface area contributed by atoms with Crippen molar-refractivity contribution in [3.8, 4) is 11.5 Å². The number of nitrogens with zero attached hydrogens (tertiary/aromatic N) is 2. The highest BCUT2D eigenvalue weighted by molar-refractivity contribution is 9.10. The van der Waals surface area contributed by atoms with Crippen LogP contribution in [0.25, 0.3) is 11.5 Å². The average Bonchev–Trinajstić information content (AvgIpc) is 2.70. The van der Waals surface area contributed by atoms with Gasteiger partial charge in [0.2, 0.25) is 0 Å². The lowest BCUT2D eigenvalue weighted by Crippen LogP contribution is -1.90. The number of hydrogen-bond donors (Lipinski definition) is 2. The molecule has 0 aromatic carbocycles. The van der Waals surface area contributed by atoms with Gasteiger partial charge in [0.15, 0.2) is 5.82 Å². The third kappa shape index (κ3) is 2.08. The van der Waals surface area contributed by atoms with Gasteiger partial charge in [0.25, 0.3) is 0 Å². The van der Waals surface area contributed by atoms with Crippen molar-refractivity contribution in [3.63, 3.8) is 0 Å². The molecule has 0 aliphatic carbocycles. The molecular weight excluding hydrogens is 258 g/mol. The highest BCUT2D eigenvalue weighted by atomic mass is 79.9. The van der Waals surface area contributed by atoms with Crippen molar-refractivity contribution in [3.05, 3.63) is 34.2 Å². The number of aliphatic hydroxyl groups is 1. The summed E-state index contributed by atoms with van der Waals surface area (Å²) >= 11 is 3.41. The Morgan fingerprint density at radius 1 is 1.47 bits per heavy atom. The minimum atomic E-state index is -0.0452. The second-order valence-electron chi connectivity index (χ2n) is 3.20. The second-order valence-corrected chi connectivity index (χ2v) is 4.05. The van der Waals surface area contributed by atoms with Gasteiger partial charge in [0.1, 0.15) is 5.69 Å². The summed E-state index contributed by atoms with van der Waals surface area (Å²) in [6.45, 7) is 1.88. The molecule has 0 aliphatic heterocycles. The molecule has 0 unspecified atom stereocenters. The molecule has 0 fully saturated rings. The number of hydrogen-bond acceptors (Lipinski definition) is 3. The van der Waals surface area contributed by atoms with Gasteiger partial charge >= 0.3 is 0 Å². The summed E-state index contributed by atoms with van der Waals surface area (Å²) in [5, 5.41) is 8.92. The van der Waals surface area contributed by atoms with Crippen LogP contribution in [0.1, 0.15) is 11.4 Å². The number of aryl methyl sites for hydroxylation is 1. The minimum Gasteiger partial charge on any atom is -0.390 e. The van der Waals surface area contributed by atoms with E-state index in [0.29, 0.717) is 11.5 Å². The zero-order valence-corrected chi connectivity index (χ0v) is 9.74. The molecule has 2 aromatic heterocycles. The van der Waals surface area contributed by atoms with E-state index in [2.05, 4.69) is 30.9 Å². The Morgan fingerprint density at radius 3 is 2.93 bits per heavy atom. The quantitative estimate of drug-likeness (QED) is 0.876. The van der Waals surface area contributed by atoms with E-state index in [1.807, 2.05) is 19.1 Å². The van der Waals surface area contributed by atoms with Gasteiger partial charge in [-0.15, -0.1) is 0 Å². The first kappa shape index (κ1) is 10.3. The predicted octanol–water partition coefficient (Wildman–Crippen LogP) is 2.03. The molecule has 0 aliphatic rings. The average molecular weight is 268 g/mol. The number of aliphatic hydroxyl groups excluding tert-OH is 1. The van der Waals surface area contributed by atoms with E-state index in [1.165, 1.54) is 0 Å². The van der Waals surface area contributed by atoms with Gasteiger partial charge in [-0.1, -0.05) is 0 Å². The highest BCUT2D eigenvalue weighted by Gasteiger charge is 2.08. The third-order valence-electron chi connectivity index (χ3n) is 2.01. The maximum absolute atomic E-state index is 8.92. The molecule has 15 heavy (non-hydrogen) atoms. The maximum Gasteiger partial charge on any atom is 0.157 e. The summed E-state index contributed by atoms with van der Waals surface area (Å²) in [6.07, 6.45) is 1.60. The molecule has 4 nitrogen and oxygen atoms in total. The van der Waals surface area contributed by atoms with E-state index in [4.69, 9.17) is 5.11 Å². The van der Waals surface area contributed by atoms with Crippen molar-refractivity contribution in [1.82, 2.24) is 15.0 Å². The highest BCUT2D eigenvalue weighted by Crippen LogP contribution is 2.23. The fourth-order valence-corrected chi connectivity index (χ4v) is 1.67. The monoisotopic (exact) mass is 267 g/mol. The number of pyridine rings is 1. The van der Waals surface area contributed by atoms with E-state index in [1.54, 1.807) is 6.20 Å². The van der Waals surface area contributed by atoms with Crippen LogP contribution in [0.2, 0.25) is 0 Å². The molecule has 5 heteroatoms. The Kier molecular flexibility index (Phi) is 2.83. The third-order valence-corrected chi connectivity index (χ3v) is 2.65. The van der Waals surface area contributed by atoms with Gasteiger partial charge in [-0.2, -0.15) is 0 Å². The molecule has 0 saturated heterocycles. The van der Waals surface area contributed by atoms with Crippen molar-refractivity contribution in [1.29, 1.82) is 0 Å². The Hall–Kier alpha value is -1.20. The second kappa shape index (κ2) is 4.12. The van der Waals surface area contributed by atoms with Gasteiger partial charge < -0.3 is 10.1 Å². The van der Waals surface area contributed by atoms with Crippen LogP contribution in [-0.2, 0) is 6.61 Å². The van der Waals surface area contributed by atoms with Gasteiger partial charge in [0.05, 0.1) is 18.5 Å². The molecule has 2 aromatic rings. The number of nitrogens with one attached hydrogen (secondary N) is 1. The van der Waals surface area contributed by atoms with E-state index >= 15 is 0 Å². The van der Waals surface area contributed by atoms with Gasteiger partial charge in [-0.25, -0.2) is 9.97 Å². The minimum absolute atomic E-state index is 0.0452. The van der Waals surface area contributed by atoms with Crippen molar-refractivity contribution in [2.45, 2.75) is 13.5 Å². The Labute approximate surface area is 95.5 Å². The normalized spacial score (nSPS) is 10.6. The van der Waals surface area contributed by atoms with Crippen LogP contribution in [0.15, 0.2) is 22.8 Å². The molecule has 0 spiro atoms. The van der Waals surface area contributed by atoms with Crippen LogP contribution in [0, 0.1) is 6.92 Å². The summed E-state index contributed by atoms with van der Waals surface area (Å²) in [5.74, 6) is 0.662. The van der Waals surface area contributed by atoms with Crippen LogP contribution in [-0.4, -0.2) is 20.1 Å². The van der Waals surface area contributed by atoms with Crippen molar-refractivity contribution in [2.75, 3.05) is 0 Å². The number of imidazole rings is 1. The van der Waals surface area contributed by atoms with E-state index in [9.17, 15) is 0 Å². The number of halogens is 1. The maximum atomic E-state index is 8.92. The first-order valence-corrected chi connectivity index (χ1v) is 5.28. The summed E-state index contributed by atoms with van der Waals surface area (Å²) in [5.41, 5.74) is 2.37. The number of aromatic amines is 1. The Balaban J connectivity index is 2.48. The fraction of sp³-hybridized carbons (Fsp3) is 0.200. The van der Waals surface area contributed by atoms with Crippen molar-refractivity contribution < 1.29 is 5.11 Å². The summed E-state index contributed by atoms with van der Waals surface area (Å²) in [7, 11) is 0. The largest absolute Gasteiger partial charge is 0.390 e. The standard InChI is InChI=1S/C10H10BrN3O/c1-6-2-3-8(11)9(13-6)10-12-4-7(5-15)14-10/h2-4,15H,5H2,1H3,(H,12,14). The number of aromatic nitrogens is 3. The molecule has 0 radical (unpaired) electrons. The van der Waals surface area contributed by atoms with Crippen LogP contribution >= 0.6 is 15.9 Å². The van der Waals surface area contributed by atoms with E-state index < -0.39 is 0 Å². The zero-order chi connectivity index (χ0) is 10.8. The smallest absolute Gasteiger partial charge is 0.157 e. The van der Waals surface area contributed by atoms with Gasteiger partial charge in [0, 0.05) is 10.2 Å². The molecule has 2 heterocycles. The van der Waals surface area contributed by atoms with E-state index in [0.717, 1.165) is 15.9 Å². The van der Waals surface area contributed by atoms with Gasteiger partial charge in [-0.05, 0) is 35.0 Å². The summed E-state index contributed by atoms with van der Waals surface area (Å²) in [4.78, 5) is 11.5.